The van der Waals surface area contributed by atoms with Crippen molar-refractivity contribution >= 4 is 0 Å². The molecule has 96 valence electrons. The molecule has 0 heterocycles. The normalized spacial score (nSPS) is 22.7. The molecule has 0 bridgehead atoms. The molecule has 0 saturated heterocycles. The van der Waals surface area contributed by atoms with E-state index < -0.39 is 0 Å². The first-order chi connectivity index (χ1) is 8.74. The Kier molecular flexibility index (Phi) is 4.06. The summed E-state index contributed by atoms with van der Waals surface area (Å²) >= 11 is 0. The maximum Gasteiger partial charge on any atom is 0.160 e. The Balaban J connectivity index is 1.94. The van der Waals surface area contributed by atoms with Gasteiger partial charge in [-0.15, -0.1) is 0 Å². The lowest BCUT2D eigenvalue weighted by atomic mass is 10.1. The summed E-state index contributed by atoms with van der Waals surface area (Å²) in [5.41, 5.74) is 0.997. The van der Waals surface area contributed by atoms with E-state index in [0.29, 0.717) is 12.3 Å². The average molecular weight is 246 g/mol. The molecule has 0 spiro atoms. The molecule has 1 aliphatic rings. The van der Waals surface area contributed by atoms with Crippen LogP contribution in [0.3, 0.4) is 0 Å². The molecule has 0 radical (unpaired) electrons. The lowest BCUT2D eigenvalue weighted by Crippen LogP contribution is -2.31. The van der Waals surface area contributed by atoms with Crippen LogP contribution in [0.5, 0.6) is 11.5 Å². The highest BCUT2D eigenvalue weighted by Gasteiger charge is 2.26. The third-order valence-corrected chi connectivity index (χ3v) is 3.49. The summed E-state index contributed by atoms with van der Waals surface area (Å²) in [4.78, 5) is 0. The van der Waals surface area contributed by atoms with Crippen molar-refractivity contribution in [3.63, 3.8) is 0 Å². The molecule has 1 saturated carbocycles. The second-order valence-electron chi connectivity index (χ2n) is 4.66. The van der Waals surface area contributed by atoms with Gasteiger partial charge in [0.2, 0.25) is 0 Å². The van der Waals surface area contributed by atoms with Gasteiger partial charge in [0.05, 0.1) is 19.1 Å². The standard InChI is InChI=1S/C14H18N2O2/c1-18-14-6-5-10(7-13(14)17)9-16-12-4-2-3-11(12)8-15/h5-7,11-12,16-17H,2-4,9H2,1H3. The second-order valence-corrected chi connectivity index (χ2v) is 4.66. The molecule has 0 aromatic heterocycles. The minimum atomic E-state index is 0.122. The van der Waals surface area contributed by atoms with Crippen molar-refractivity contribution in [2.45, 2.75) is 31.8 Å². The number of hydrogen-bond donors (Lipinski definition) is 2. The molecule has 2 N–H and O–H groups in total. The lowest BCUT2D eigenvalue weighted by molar-refractivity contribution is 0.372. The van der Waals surface area contributed by atoms with Crippen molar-refractivity contribution in [3.8, 4) is 17.6 Å². The molecule has 2 atom stereocenters. The molecule has 2 rings (SSSR count). The molecule has 1 aliphatic carbocycles. The Bertz CT molecular complexity index is 454. The molecule has 4 heteroatoms. The van der Waals surface area contributed by atoms with E-state index in [4.69, 9.17) is 10.00 Å². The largest absolute Gasteiger partial charge is 0.504 e. The molecule has 0 aliphatic heterocycles. The van der Waals surface area contributed by atoms with Crippen molar-refractivity contribution in [2.75, 3.05) is 7.11 Å². The Labute approximate surface area is 107 Å². The molecular weight excluding hydrogens is 228 g/mol. The molecule has 0 amide bonds. The number of benzene rings is 1. The van der Waals surface area contributed by atoms with Crippen LogP contribution in [0.2, 0.25) is 0 Å². The number of nitriles is 1. The van der Waals surface area contributed by atoms with Crippen LogP contribution in [0.1, 0.15) is 24.8 Å². The molecule has 1 aromatic carbocycles. The third-order valence-electron chi connectivity index (χ3n) is 3.49. The van der Waals surface area contributed by atoms with E-state index in [1.165, 1.54) is 7.11 Å². The average Bonchev–Trinajstić information content (AvgIpc) is 2.84. The SMILES string of the molecule is COc1ccc(CNC2CCCC2C#N)cc1O. The topological polar surface area (TPSA) is 65.3 Å². The summed E-state index contributed by atoms with van der Waals surface area (Å²) in [5, 5.41) is 22.1. The van der Waals surface area contributed by atoms with E-state index in [-0.39, 0.29) is 17.7 Å². The quantitative estimate of drug-likeness (QED) is 0.854. The number of phenols is 1. The predicted octanol–water partition coefficient (Wildman–Crippen LogP) is 2.18. The molecular formula is C14H18N2O2. The first-order valence-electron chi connectivity index (χ1n) is 6.23. The zero-order valence-electron chi connectivity index (χ0n) is 10.5. The Morgan fingerprint density at radius 2 is 2.33 bits per heavy atom. The highest BCUT2D eigenvalue weighted by atomic mass is 16.5. The van der Waals surface area contributed by atoms with Crippen LogP contribution in [0, 0.1) is 17.2 Å². The van der Waals surface area contributed by atoms with Crippen LogP contribution >= 0.6 is 0 Å². The fourth-order valence-corrected chi connectivity index (χ4v) is 2.45. The highest BCUT2D eigenvalue weighted by molar-refractivity contribution is 5.41. The molecule has 4 nitrogen and oxygen atoms in total. The van der Waals surface area contributed by atoms with E-state index in [9.17, 15) is 5.11 Å². The van der Waals surface area contributed by atoms with Crippen LogP contribution in [0.25, 0.3) is 0 Å². The summed E-state index contributed by atoms with van der Waals surface area (Å²) in [7, 11) is 1.53. The zero-order valence-corrected chi connectivity index (χ0v) is 10.5. The van der Waals surface area contributed by atoms with Crippen molar-refractivity contribution in [3.05, 3.63) is 23.8 Å². The van der Waals surface area contributed by atoms with Gasteiger partial charge in [-0.3, -0.25) is 0 Å². The fourth-order valence-electron chi connectivity index (χ4n) is 2.45. The summed E-state index contributed by atoms with van der Waals surface area (Å²) < 4.78 is 5.00. The Morgan fingerprint density at radius 3 is 3.00 bits per heavy atom. The van der Waals surface area contributed by atoms with Gasteiger partial charge < -0.3 is 15.2 Å². The van der Waals surface area contributed by atoms with Crippen molar-refractivity contribution < 1.29 is 9.84 Å². The lowest BCUT2D eigenvalue weighted by Gasteiger charge is -2.15. The van der Waals surface area contributed by atoms with Gasteiger partial charge in [0, 0.05) is 12.6 Å². The van der Waals surface area contributed by atoms with E-state index in [2.05, 4.69) is 11.4 Å². The highest BCUT2D eigenvalue weighted by Crippen LogP contribution is 2.27. The van der Waals surface area contributed by atoms with Gasteiger partial charge in [-0.05, 0) is 30.5 Å². The van der Waals surface area contributed by atoms with Gasteiger partial charge in [0.25, 0.3) is 0 Å². The molecule has 1 fully saturated rings. The van der Waals surface area contributed by atoms with E-state index in [0.717, 1.165) is 24.8 Å². The number of rotatable bonds is 4. The predicted molar refractivity (Wildman–Crippen MR) is 68.2 cm³/mol. The number of phenolic OH excluding ortho intramolecular Hbond substituents is 1. The maximum atomic E-state index is 9.68. The molecule has 2 unspecified atom stereocenters. The first-order valence-corrected chi connectivity index (χ1v) is 6.23. The molecule has 18 heavy (non-hydrogen) atoms. The van der Waals surface area contributed by atoms with Crippen molar-refractivity contribution in [1.29, 1.82) is 5.26 Å². The third kappa shape index (κ3) is 2.74. The van der Waals surface area contributed by atoms with Crippen LogP contribution in [-0.2, 0) is 6.54 Å². The first kappa shape index (κ1) is 12.7. The number of nitrogens with zero attached hydrogens (tertiary/aromatic N) is 1. The summed E-state index contributed by atoms with van der Waals surface area (Å²) in [6.07, 6.45) is 3.16. The number of aromatic hydroxyl groups is 1. The van der Waals surface area contributed by atoms with Gasteiger partial charge in [0.1, 0.15) is 0 Å². The number of methoxy groups -OCH3 is 1. The van der Waals surface area contributed by atoms with Crippen LogP contribution in [0.15, 0.2) is 18.2 Å². The summed E-state index contributed by atoms with van der Waals surface area (Å²) in [6.45, 7) is 0.667. The van der Waals surface area contributed by atoms with Crippen LogP contribution in [0.4, 0.5) is 0 Å². The minimum Gasteiger partial charge on any atom is -0.504 e. The van der Waals surface area contributed by atoms with E-state index >= 15 is 0 Å². The minimum absolute atomic E-state index is 0.122. The van der Waals surface area contributed by atoms with Crippen molar-refractivity contribution in [1.82, 2.24) is 5.32 Å². The van der Waals surface area contributed by atoms with Crippen molar-refractivity contribution in [2.24, 2.45) is 5.92 Å². The number of ether oxygens (including phenoxy) is 1. The monoisotopic (exact) mass is 246 g/mol. The Morgan fingerprint density at radius 1 is 1.50 bits per heavy atom. The molecule has 1 aromatic rings. The van der Waals surface area contributed by atoms with E-state index in [1.807, 2.05) is 6.07 Å². The number of hydrogen-bond acceptors (Lipinski definition) is 4. The van der Waals surface area contributed by atoms with E-state index in [1.54, 1.807) is 12.1 Å². The summed E-state index contributed by atoms with van der Waals surface area (Å²) in [5.74, 6) is 0.756. The van der Waals surface area contributed by atoms with Crippen LogP contribution < -0.4 is 10.1 Å². The maximum absolute atomic E-state index is 9.68. The second kappa shape index (κ2) is 5.74. The van der Waals surface area contributed by atoms with Gasteiger partial charge in [-0.25, -0.2) is 0 Å². The van der Waals surface area contributed by atoms with Crippen LogP contribution in [-0.4, -0.2) is 18.3 Å². The van der Waals surface area contributed by atoms with Gasteiger partial charge in [-0.1, -0.05) is 12.5 Å². The zero-order chi connectivity index (χ0) is 13.0. The van der Waals surface area contributed by atoms with Gasteiger partial charge in [-0.2, -0.15) is 5.26 Å². The Hall–Kier alpha value is -1.73. The number of nitrogens with one attached hydrogen (secondary N) is 1. The smallest absolute Gasteiger partial charge is 0.160 e. The van der Waals surface area contributed by atoms with Gasteiger partial charge in [0.15, 0.2) is 11.5 Å². The van der Waals surface area contributed by atoms with Gasteiger partial charge >= 0.3 is 0 Å². The summed E-state index contributed by atoms with van der Waals surface area (Å²) in [6, 6.07) is 7.99. The fraction of sp³-hybridized carbons (Fsp3) is 0.500.